The molecule has 1 heterocycles. The topological polar surface area (TPSA) is 76.3 Å². The van der Waals surface area contributed by atoms with Crippen LogP contribution in [0.5, 0.6) is 5.88 Å². The molecule has 0 saturated heterocycles. The highest BCUT2D eigenvalue weighted by molar-refractivity contribution is 5.66. The number of nitrogens with zero attached hydrogens (tertiary/aromatic N) is 3. The van der Waals surface area contributed by atoms with E-state index < -0.39 is 0 Å². The molecule has 0 fully saturated rings. The predicted molar refractivity (Wildman–Crippen MR) is 87.9 cm³/mol. The summed E-state index contributed by atoms with van der Waals surface area (Å²) in [6, 6.07) is 0. The van der Waals surface area contributed by atoms with Crippen LogP contribution in [-0.4, -0.2) is 48.7 Å². The predicted octanol–water partition coefficient (Wildman–Crippen LogP) is 2.16. The highest BCUT2D eigenvalue weighted by Gasteiger charge is 2.12. The van der Waals surface area contributed by atoms with Gasteiger partial charge in [0.1, 0.15) is 11.5 Å². The Labute approximate surface area is 128 Å². The molecule has 1 rings (SSSR count). The minimum absolute atomic E-state index is 0.504. The summed E-state index contributed by atoms with van der Waals surface area (Å²) in [5, 5.41) is 3.28. The van der Waals surface area contributed by atoms with Gasteiger partial charge in [-0.2, -0.15) is 4.98 Å². The van der Waals surface area contributed by atoms with Crippen molar-refractivity contribution in [3.63, 3.8) is 0 Å². The van der Waals surface area contributed by atoms with Crippen LogP contribution in [0.1, 0.15) is 38.9 Å². The van der Waals surface area contributed by atoms with E-state index in [1.165, 1.54) is 0 Å². The van der Waals surface area contributed by atoms with Crippen LogP contribution in [0.2, 0.25) is 0 Å². The maximum absolute atomic E-state index is 6.12. The molecule has 0 bridgehead atoms. The monoisotopic (exact) mass is 295 g/mol. The van der Waals surface area contributed by atoms with Gasteiger partial charge in [-0.15, -0.1) is 0 Å². The molecular formula is C15H29N5O. The number of nitrogens with two attached hydrogens (primary N) is 1. The fourth-order valence-electron chi connectivity index (χ4n) is 1.78. The summed E-state index contributed by atoms with van der Waals surface area (Å²) in [5.41, 5.74) is 6.63. The van der Waals surface area contributed by atoms with Gasteiger partial charge in [-0.1, -0.05) is 20.3 Å². The molecule has 120 valence electrons. The second-order valence-electron chi connectivity index (χ2n) is 5.39. The number of ether oxygens (including phenoxy) is 1. The van der Waals surface area contributed by atoms with Crippen LogP contribution in [0.3, 0.4) is 0 Å². The number of likely N-dealkylation sites (N-methyl/N-ethyl adjacent to an activating group) is 1. The third-order valence-electron chi connectivity index (χ3n) is 3.02. The van der Waals surface area contributed by atoms with Crippen LogP contribution in [-0.2, 0) is 6.42 Å². The molecule has 6 nitrogen and oxygen atoms in total. The Morgan fingerprint density at radius 1 is 1.19 bits per heavy atom. The number of nitrogens with one attached hydrogen (secondary N) is 1. The normalized spacial score (nSPS) is 10.9. The van der Waals surface area contributed by atoms with E-state index in [0.717, 1.165) is 44.6 Å². The van der Waals surface area contributed by atoms with Crippen molar-refractivity contribution >= 4 is 11.5 Å². The molecule has 0 aliphatic heterocycles. The van der Waals surface area contributed by atoms with Gasteiger partial charge in [-0.05, 0) is 26.9 Å². The van der Waals surface area contributed by atoms with Crippen molar-refractivity contribution in [2.75, 3.05) is 44.8 Å². The first-order chi connectivity index (χ1) is 10.1. The number of rotatable bonds is 10. The minimum atomic E-state index is 0.504. The van der Waals surface area contributed by atoms with Gasteiger partial charge in [-0.25, -0.2) is 4.98 Å². The van der Waals surface area contributed by atoms with Crippen LogP contribution < -0.4 is 15.8 Å². The van der Waals surface area contributed by atoms with E-state index in [0.29, 0.717) is 24.0 Å². The number of hydrogen-bond donors (Lipinski definition) is 2. The maximum atomic E-state index is 6.12. The first-order valence-electron chi connectivity index (χ1n) is 7.76. The molecule has 0 spiro atoms. The third kappa shape index (κ3) is 6.16. The van der Waals surface area contributed by atoms with E-state index in [-0.39, 0.29) is 0 Å². The van der Waals surface area contributed by atoms with E-state index in [9.17, 15) is 0 Å². The summed E-state index contributed by atoms with van der Waals surface area (Å²) in [6.45, 7) is 6.58. The third-order valence-corrected chi connectivity index (χ3v) is 3.02. The van der Waals surface area contributed by atoms with Gasteiger partial charge >= 0.3 is 0 Å². The van der Waals surface area contributed by atoms with E-state index >= 15 is 0 Å². The lowest BCUT2D eigenvalue weighted by Gasteiger charge is -2.15. The molecule has 0 amide bonds. The van der Waals surface area contributed by atoms with E-state index in [1.54, 1.807) is 0 Å². The molecular weight excluding hydrogens is 266 g/mol. The Bertz CT molecular complexity index is 423. The van der Waals surface area contributed by atoms with Gasteiger partial charge in [-0.3, -0.25) is 0 Å². The van der Waals surface area contributed by atoms with Gasteiger partial charge in [0.25, 0.3) is 0 Å². The minimum Gasteiger partial charge on any atom is -0.476 e. The molecule has 0 aliphatic carbocycles. The lowest BCUT2D eigenvalue weighted by atomic mass is 10.3. The largest absolute Gasteiger partial charge is 0.476 e. The summed E-state index contributed by atoms with van der Waals surface area (Å²) < 4.78 is 5.71. The zero-order chi connectivity index (χ0) is 15.7. The van der Waals surface area contributed by atoms with Crippen molar-refractivity contribution in [1.82, 2.24) is 14.9 Å². The highest BCUT2D eigenvalue weighted by atomic mass is 16.5. The summed E-state index contributed by atoms with van der Waals surface area (Å²) in [7, 11) is 4.07. The number of aryl methyl sites for hydroxylation is 1. The van der Waals surface area contributed by atoms with Crippen molar-refractivity contribution in [2.45, 2.75) is 39.5 Å². The van der Waals surface area contributed by atoms with Crippen LogP contribution in [0.25, 0.3) is 0 Å². The smallest absolute Gasteiger partial charge is 0.242 e. The quantitative estimate of drug-likeness (QED) is 0.644. The SMILES string of the molecule is CCCCOc1nc(CCC)nc(NCCN(C)C)c1N. The second-order valence-corrected chi connectivity index (χ2v) is 5.39. The average Bonchev–Trinajstić information content (AvgIpc) is 2.43. The molecule has 1 aromatic heterocycles. The Kier molecular flexibility index (Phi) is 7.82. The molecule has 0 saturated carbocycles. The van der Waals surface area contributed by atoms with Crippen molar-refractivity contribution in [3.8, 4) is 5.88 Å². The first kappa shape index (κ1) is 17.5. The standard InChI is InChI=1S/C15H29N5O/c1-5-7-11-21-15-13(16)14(17-9-10-20(3)4)18-12(19-15)8-6-2/h5-11,16H2,1-4H3,(H,17,18,19). The van der Waals surface area contributed by atoms with E-state index in [4.69, 9.17) is 10.5 Å². The van der Waals surface area contributed by atoms with Crippen molar-refractivity contribution in [2.24, 2.45) is 0 Å². The number of aromatic nitrogens is 2. The van der Waals surface area contributed by atoms with Crippen LogP contribution in [0.15, 0.2) is 0 Å². The molecule has 1 aromatic rings. The number of anilines is 2. The zero-order valence-corrected chi connectivity index (χ0v) is 13.8. The molecule has 0 aliphatic rings. The molecule has 6 heteroatoms. The maximum Gasteiger partial charge on any atom is 0.242 e. The van der Waals surface area contributed by atoms with Crippen molar-refractivity contribution in [3.05, 3.63) is 5.82 Å². The van der Waals surface area contributed by atoms with Crippen LogP contribution in [0.4, 0.5) is 11.5 Å². The summed E-state index contributed by atoms with van der Waals surface area (Å²) >= 11 is 0. The number of hydrogen-bond acceptors (Lipinski definition) is 6. The Balaban J connectivity index is 2.82. The summed E-state index contributed by atoms with van der Waals surface area (Å²) in [6.07, 6.45) is 3.90. The Morgan fingerprint density at radius 2 is 1.95 bits per heavy atom. The van der Waals surface area contributed by atoms with Gasteiger partial charge in [0.05, 0.1) is 6.61 Å². The fourth-order valence-corrected chi connectivity index (χ4v) is 1.78. The number of unbranched alkanes of at least 4 members (excludes halogenated alkanes) is 1. The second kappa shape index (κ2) is 9.39. The number of nitrogen functional groups attached to an aromatic ring is 1. The lowest BCUT2D eigenvalue weighted by molar-refractivity contribution is 0.298. The zero-order valence-electron chi connectivity index (χ0n) is 13.8. The summed E-state index contributed by atoms with van der Waals surface area (Å²) in [5.74, 6) is 1.97. The molecule has 0 atom stereocenters. The van der Waals surface area contributed by atoms with Gasteiger partial charge < -0.3 is 20.7 Å². The lowest BCUT2D eigenvalue weighted by Crippen LogP contribution is -2.22. The molecule has 21 heavy (non-hydrogen) atoms. The van der Waals surface area contributed by atoms with Crippen molar-refractivity contribution < 1.29 is 4.74 Å². The van der Waals surface area contributed by atoms with Gasteiger partial charge in [0.2, 0.25) is 5.88 Å². The van der Waals surface area contributed by atoms with E-state index in [2.05, 4.69) is 34.0 Å². The first-order valence-corrected chi connectivity index (χ1v) is 7.76. The molecule has 0 unspecified atom stereocenters. The molecule has 0 aromatic carbocycles. The fraction of sp³-hybridized carbons (Fsp3) is 0.733. The van der Waals surface area contributed by atoms with Crippen molar-refractivity contribution in [1.29, 1.82) is 0 Å². The highest BCUT2D eigenvalue weighted by Crippen LogP contribution is 2.26. The Hall–Kier alpha value is -1.56. The van der Waals surface area contributed by atoms with Gasteiger partial charge in [0, 0.05) is 19.5 Å². The van der Waals surface area contributed by atoms with Crippen LogP contribution in [0, 0.1) is 0 Å². The van der Waals surface area contributed by atoms with Gasteiger partial charge in [0.15, 0.2) is 5.82 Å². The Morgan fingerprint density at radius 3 is 2.57 bits per heavy atom. The van der Waals surface area contributed by atoms with Crippen LogP contribution >= 0.6 is 0 Å². The van der Waals surface area contributed by atoms with E-state index in [1.807, 2.05) is 14.1 Å². The summed E-state index contributed by atoms with van der Waals surface area (Å²) in [4.78, 5) is 11.0. The average molecular weight is 295 g/mol. The molecule has 3 N–H and O–H groups in total. The molecule has 0 radical (unpaired) electrons.